The van der Waals surface area contributed by atoms with Gasteiger partial charge in [-0.25, -0.2) is 14.3 Å². The first-order valence-electron chi connectivity index (χ1n) is 7.36. The molecular formula is C16H16ClN5O2. The van der Waals surface area contributed by atoms with Gasteiger partial charge in [-0.1, -0.05) is 6.07 Å². The summed E-state index contributed by atoms with van der Waals surface area (Å²) in [5, 5.41) is 3.80. The minimum Gasteiger partial charge on any atom is -0.272 e. The number of nitrogens with one attached hydrogen (secondary N) is 1. The average molecular weight is 346 g/mol. The van der Waals surface area contributed by atoms with E-state index in [1.54, 1.807) is 4.68 Å². The Morgan fingerprint density at radius 1 is 1.29 bits per heavy atom. The summed E-state index contributed by atoms with van der Waals surface area (Å²) in [7, 11) is 0. The molecule has 0 aliphatic rings. The van der Waals surface area contributed by atoms with Gasteiger partial charge in [0, 0.05) is 0 Å². The number of benzene rings is 1. The second-order valence-electron chi connectivity index (χ2n) is 5.57. The van der Waals surface area contributed by atoms with Gasteiger partial charge in [0.15, 0.2) is 5.65 Å². The van der Waals surface area contributed by atoms with Crippen LogP contribution in [0.5, 0.6) is 0 Å². The average Bonchev–Trinajstić information content (AvgIpc) is 2.97. The van der Waals surface area contributed by atoms with Crippen LogP contribution in [0.25, 0.3) is 16.7 Å². The number of aromatic nitrogens is 4. The van der Waals surface area contributed by atoms with E-state index in [0.29, 0.717) is 11.0 Å². The zero-order valence-electron chi connectivity index (χ0n) is 13.4. The van der Waals surface area contributed by atoms with Crippen molar-refractivity contribution in [2.24, 2.45) is 0 Å². The molecule has 3 rings (SSSR count). The summed E-state index contributed by atoms with van der Waals surface area (Å²) in [6, 6.07) is 5.88. The number of carbonyl (C=O) groups excluding carboxylic acids is 1. The van der Waals surface area contributed by atoms with Crippen molar-refractivity contribution in [2.75, 3.05) is 5.43 Å². The van der Waals surface area contributed by atoms with Gasteiger partial charge in [-0.05, 0) is 44.0 Å². The summed E-state index contributed by atoms with van der Waals surface area (Å²) < 4.78 is 2.61. The third kappa shape index (κ3) is 2.78. The molecule has 3 aromatic rings. The smallest absolute Gasteiger partial charge is 0.272 e. The van der Waals surface area contributed by atoms with Gasteiger partial charge in [-0.15, -0.1) is 11.6 Å². The van der Waals surface area contributed by atoms with Crippen molar-refractivity contribution in [3.8, 4) is 5.69 Å². The Labute approximate surface area is 142 Å². The molecule has 2 aromatic heterocycles. The van der Waals surface area contributed by atoms with Crippen molar-refractivity contribution >= 4 is 28.5 Å². The van der Waals surface area contributed by atoms with Crippen molar-refractivity contribution in [3.05, 3.63) is 52.2 Å². The monoisotopic (exact) mass is 345 g/mol. The number of carbonyl (C=O) groups is 1. The molecule has 0 radical (unpaired) electrons. The van der Waals surface area contributed by atoms with E-state index < -0.39 is 16.8 Å². The van der Waals surface area contributed by atoms with Gasteiger partial charge in [0.05, 0.1) is 11.9 Å². The minimum absolute atomic E-state index is 0.304. The van der Waals surface area contributed by atoms with Crippen LogP contribution in [0, 0.1) is 13.8 Å². The summed E-state index contributed by atoms with van der Waals surface area (Å²) in [5.41, 5.74) is 5.51. The number of halogens is 1. The van der Waals surface area contributed by atoms with Gasteiger partial charge in [0.2, 0.25) is 0 Å². The van der Waals surface area contributed by atoms with E-state index >= 15 is 0 Å². The van der Waals surface area contributed by atoms with Crippen molar-refractivity contribution in [3.63, 3.8) is 0 Å². The maximum Gasteiger partial charge on any atom is 0.283 e. The maximum atomic E-state index is 12.5. The molecule has 0 saturated heterocycles. The molecule has 1 N–H and O–H groups in total. The molecule has 0 unspecified atom stereocenters. The first-order chi connectivity index (χ1) is 11.4. The summed E-state index contributed by atoms with van der Waals surface area (Å²) in [6.45, 7) is 5.55. The van der Waals surface area contributed by atoms with Crippen molar-refractivity contribution in [1.82, 2.24) is 19.4 Å². The predicted molar refractivity (Wildman–Crippen MR) is 92.3 cm³/mol. The molecule has 1 aromatic carbocycles. The quantitative estimate of drug-likeness (QED) is 0.735. The molecule has 8 heteroatoms. The fourth-order valence-electron chi connectivity index (χ4n) is 2.25. The first kappa shape index (κ1) is 16.2. The standard InChI is InChI=1S/C16H16ClN5O2/c1-9-4-5-12(6-10(9)2)22-14-13(7-19-22)16(24)21(8-18-14)20-15(23)11(3)17/h4-8,11H,1-3H3,(H,20,23)/t11-/m0/s1. The normalized spacial score (nSPS) is 12.3. The first-order valence-corrected chi connectivity index (χ1v) is 7.80. The van der Waals surface area contributed by atoms with E-state index in [1.807, 2.05) is 32.0 Å². The highest BCUT2D eigenvalue weighted by molar-refractivity contribution is 6.31. The van der Waals surface area contributed by atoms with Crippen LogP contribution in [0.3, 0.4) is 0 Å². The van der Waals surface area contributed by atoms with Crippen LogP contribution >= 0.6 is 11.6 Å². The molecule has 24 heavy (non-hydrogen) atoms. The molecule has 1 amide bonds. The van der Waals surface area contributed by atoms with Crippen molar-refractivity contribution in [2.45, 2.75) is 26.1 Å². The van der Waals surface area contributed by atoms with Crippen LogP contribution in [0.4, 0.5) is 0 Å². The molecule has 2 heterocycles. The molecular weight excluding hydrogens is 330 g/mol. The number of aryl methyl sites for hydroxylation is 2. The largest absolute Gasteiger partial charge is 0.283 e. The van der Waals surface area contributed by atoms with Gasteiger partial charge >= 0.3 is 0 Å². The molecule has 7 nitrogen and oxygen atoms in total. The third-order valence-electron chi connectivity index (χ3n) is 3.82. The highest BCUT2D eigenvalue weighted by Crippen LogP contribution is 2.17. The number of hydrogen-bond donors (Lipinski definition) is 1. The minimum atomic E-state index is -0.758. The van der Waals surface area contributed by atoms with E-state index in [2.05, 4.69) is 15.5 Å². The molecule has 1 atom stereocenters. The molecule has 0 saturated carbocycles. The Balaban J connectivity index is 2.08. The second-order valence-corrected chi connectivity index (χ2v) is 6.23. The highest BCUT2D eigenvalue weighted by Gasteiger charge is 2.15. The number of rotatable bonds is 3. The van der Waals surface area contributed by atoms with Crippen LogP contribution in [-0.4, -0.2) is 30.7 Å². The molecule has 0 aliphatic heterocycles. The van der Waals surface area contributed by atoms with Crippen LogP contribution in [0.15, 0.2) is 35.5 Å². The number of hydrogen-bond acceptors (Lipinski definition) is 4. The van der Waals surface area contributed by atoms with Gasteiger partial charge in [0.1, 0.15) is 17.1 Å². The van der Waals surface area contributed by atoms with Gasteiger partial charge in [-0.2, -0.15) is 5.10 Å². The lowest BCUT2D eigenvalue weighted by molar-refractivity contribution is -0.116. The van der Waals surface area contributed by atoms with Gasteiger partial charge < -0.3 is 0 Å². The number of nitrogens with zero attached hydrogens (tertiary/aromatic N) is 4. The fourth-order valence-corrected chi connectivity index (χ4v) is 2.29. The topological polar surface area (TPSA) is 81.8 Å². The van der Waals surface area contributed by atoms with Gasteiger partial charge in [0.25, 0.3) is 11.5 Å². The van der Waals surface area contributed by atoms with E-state index in [1.165, 1.54) is 25.0 Å². The predicted octanol–water partition coefficient (Wildman–Crippen LogP) is 1.90. The number of alkyl halides is 1. The van der Waals surface area contributed by atoms with E-state index in [0.717, 1.165) is 15.9 Å². The van der Waals surface area contributed by atoms with Crippen molar-refractivity contribution < 1.29 is 4.79 Å². The van der Waals surface area contributed by atoms with Gasteiger partial charge in [-0.3, -0.25) is 15.0 Å². The highest BCUT2D eigenvalue weighted by atomic mass is 35.5. The number of amides is 1. The lowest BCUT2D eigenvalue weighted by atomic mass is 10.1. The second kappa shape index (κ2) is 6.09. The summed E-state index contributed by atoms with van der Waals surface area (Å²) in [6.07, 6.45) is 2.69. The third-order valence-corrected chi connectivity index (χ3v) is 4.01. The molecule has 0 bridgehead atoms. The Bertz CT molecular complexity index is 990. The molecule has 124 valence electrons. The summed E-state index contributed by atoms with van der Waals surface area (Å²) in [5.74, 6) is -0.485. The fraction of sp³-hybridized carbons (Fsp3) is 0.250. The Morgan fingerprint density at radius 2 is 2.04 bits per heavy atom. The molecule has 0 spiro atoms. The Kier molecular flexibility index (Phi) is 4.11. The van der Waals surface area contributed by atoms with Crippen LogP contribution in [0.2, 0.25) is 0 Å². The van der Waals surface area contributed by atoms with Crippen LogP contribution in [-0.2, 0) is 4.79 Å². The summed E-state index contributed by atoms with van der Waals surface area (Å²) in [4.78, 5) is 28.4. The lowest BCUT2D eigenvalue weighted by Crippen LogP contribution is -2.36. The van der Waals surface area contributed by atoms with E-state index in [-0.39, 0.29) is 0 Å². The van der Waals surface area contributed by atoms with E-state index in [9.17, 15) is 9.59 Å². The molecule has 0 aliphatic carbocycles. The van der Waals surface area contributed by atoms with E-state index in [4.69, 9.17) is 11.6 Å². The Morgan fingerprint density at radius 3 is 2.71 bits per heavy atom. The SMILES string of the molecule is Cc1ccc(-n2ncc3c(=O)n(NC(=O)[C@H](C)Cl)cnc32)cc1C. The zero-order chi connectivity index (χ0) is 17.4. The van der Waals surface area contributed by atoms with Crippen molar-refractivity contribution in [1.29, 1.82) is 0 Å². The lowest BCUT2D eigenvalue weighted by Gasteiger charge is -2.09. The summed E-state index contributed by atoms with van der Waals surface area (Å²) >= 11 is 5.70. The van der Waals surface area contributed by atoms with Crippen LogP contribution < -0.4 is 11.0 Å². The number of fused-ring (bicyclic) bond motifs is 1. The Hall–Kier alpha value is -2.67. The zero-order valence-corrected chi connectivity index (χ0v) is 14.2. The maximum absolute atomic E-state index is 12.5. The van der Waals surface area contributed by atoms with Crippen LogP contribution in [0.1, 0.15) is 18.1 Å². The molecule has 0 fully saturated rings.